The van der Waals surface area contributed by atoms with Crippen LogP contribution in [0.3, 0.4) is 0 Å². The molecule has 6 nitrogen and oxygen atoms in total. The van der Waals surface area contributed by atoms with Crippen LogP contribution < -0.4 is 5.32 Å². The van der Waals surface area contributed by atoms with Crippen molar-refractivity contribution in [1.29, 1.82) is 0 Å². The van der Waals surface area contributed by atoms with Gasteiger partial charge in [-0.25, -0.2) is 4.79 Å². The van der Waals surface area contributed by atoms with Crippen molar-refractivity contribution in [3.8, 4) is 0 Å². The van der Waals surface area contributed by atoms with Crippen LogP contribution in [0.2, 0.25) is 0 Å². The Bertz CT molecular complexity index is 435. The highest BCUT2D eigenvalue weighted by Gasteiger charge is 2.32. The predicted molar refractivity (Wildman–Crippen MR) is 93.7 cm³/mol. The van der Waals surface area contributed by atoms with Crippen molar-refractivity contribution in [2.45, 2.75) is 59.0 Å². The van der Waals surface area contributed by atoms with Gasteiger partial charge in [0.1, 0.15) is 0 Å². The molecule has 1 saturated carbocycles. The van der Waals surface area contributed by atoms with Crippen LogP contribution in [0.5, 0.6) is 0 Å². The van der Waals surface area contributed by atoms with Crippen molar-refractivity contribution < 1.29 is 14.3 Å². The van der Waals surface area contributed by atoms with Gasteiger partial charge in [-0.15, -0.1) is 0 Å². The average Bonchev–Trinajstić information content (AvgIpc) is 2.58. The van der Waals surface area contributed by atoms with Gasteiger partial charge in [-0.3, -0.25) is 9.69 Å². The lowest BCUT2D eigenvalue weighted by Gasteiger charge is -2.39. The SMILES string of the molecule is CCOC(=O)N1CCN(C(C)C(=O)NC2CCCC(C)C2C)CC1. The third-order valence-electron chi connectivity index (χ3n) is 5.80. The summed E-state index contributed by atoms with van der Waals surface area (Å²) in [7, 11) is 0. The van der Waals surface area contributed by atoms with Crippen molar-refractivity contribution in [2.24, 2.45) is 11.8 Å². The van der Waals surface area contributed by atoms with Crippen LogP contribution in [0.1, 0.15) is 47.0 Å². The fraction of sp³-hybridized carbons (Fsp3) is 0.889. The molecule has 2 aliphatic rings. The summed E-state index contributed by atoms with van der Waals surface area (Å²) in [6.45, 7) is 11.4. The molecular formula is C18H33N3O3. The number of hydrogen-bond donors (Lipinski definition) is 1. The van der Waals surface area contributed by atoms with Gasteiger partial charge in [0.05, 0.1) is 12.6 Å². The third-order valence-corrected chi connectivity index (χ3v) is 5.80. The quantitative estimate of drug-likeness (QED) is 0.852. The highest BCUT2D eigenvalue weighted by atomic mass is 16.6. The largest absolute Gasteiger partial charge is 0.450 e. The number of carbonyl (C=O) groups excluding carboxylic acids is 2. The smallest absolute Gasteiger partial charge is 0.409 e. The summed E-state index contributed by atoms with van der Waals surface area (Å²) in [5.41, 5.74) is 0. The minimum atomic E-state index is -0.251. The van der Waals surface area contributed by atoms with E-state index in [4.69, 9.17) is 4.74 Å². The van der Waals surface area contributed by atoms with Crippen LogP contribution in [0.25, 0.3) is 0 Å². The lowest BCUT2D eigenvalue weighted by Crippen LogP contribution is -2.56. The van der Waals surface area contributed by atoms with E-state index in [9.17, 15) is 9.59 Å². The molecule has 2 rings (SSSR count). The van der Waals surface area contributed by atoms with Crippen LogP contribution in [0.15, 0.2) is 0 Å². The van der Waals surface area contributed by atoms with Crippen molar-refractivity contribution in [3.63, 3.8) is 0 Å². The molecule has 1 heterocycles. The molecule has 0 spiro atoms. The maximum atomic E-state index is 12.6. The summed E-state index contributed by atoms with van der Waals surface area (Å²) in [4.78, 5) is 28.2. The van der Waals surface area contributed by atoms with E-state index in [2.05, 4.69) is 24.1 Å². The van der Waals surface area contributed by atoms with E-state index in [1.165, 1.54) is 12.8 Å². The van der Waals surface area contributed by atoms with Gasteiger partial charge >= 0.3 is 6.09 Å². The van der Waals surface area contributed by atoms with Crippen molar-refractivity contribution in [1.82, 2.24) is 15.1 Å². The van der Waals surface area contributed by atoms with Crippen LogP contribution >= 0.6 is 0 Å². The molecule has 1 N–H and O–H groups in total. The Morgan fingerprint density at radius 2 is 1.83 bits per heavy atom. The molecule has 0 radical (unpaired) electrons. The van der Waals surface area contributed by atoms with Crippen molar-refractivity contribution >= 4 is 12.0 Å². The minimum absolute atomic E-state index is 0.116. The second-order valence-electron chi connectivity index (χ2n) is 7.28. The van der Waals surface area contributed by atoms with Crippen LogP contribution in [0, 0.1) is 11.8 Å². The van der Waals surface area contributed by atoms with E-state index >= 15 is 0 Å². The van der Waals surface area contributed by atoms with Gasteiger partial charge in [0.15, 0.2) is 0 Å². The van der Waals surface area contributed by atoms with E-state index in [1.54, 1.807) is 4.90 Å². The Kier molecular flexibility index (Phi) is 6.90. The van der Waals surface area contributed by atoms with E-state index in [-0.39, 0.29) is 18.0 Å². The normalized spacial score (nSPS) is 29.8. The van der Waals surface area contributed by atoms with Crippen LogP contribution in [-0.2, 0) is 9.53 Å². The number of rotatable bonds is 4. The molecule has 0 aromatic carbocycles. The molecule has 0 aromatic rings. The van der Waals surface area contributed by atoms with Gasteiger partial charge in [0, 0.05) is 32.2 Å². The highest BCUT2D eigenvalue weighted by Crippen LogP contribution is 2.29. The molecule has 138 valence electrons. The van der Waals surface area contributed by atoms with E-state index in [0.717, 1.165) is 6.42 Å². The number of amides is 2. The Balaban J connectivity index is 1.80. The first-order valence-corrected chi connectivity index (χ1v) is 9.40. The summed E-state index contributed by atoms with van der Waals surface area (Å²) >= 11 is 0. The fourth-order valence-corrected chi connectivity index (χ4v) is 3.76. The second kappa shape index (κ2) is 8.70. The topological polar surface area (TPSA) is 61.9 Å². The molecule has 2 amide bonds. The Morgan fingerprint density at radius 1 is 1.17 bits per heavy atom. The molecule has 0 aromatic heterocycles. The molecule has 4 atom stereocenters. The van der Waals surface area contributed by atoms with E-state index in [1.807, 2.05) is 13.8 Å². The monoisotopic (exact) mass is 339 g/mol. The molecule has 1 aliphatic carbocycles. The van der Waals surface area contributed by atoms with Gasteiger partial charge in [-0.05, 0) is 32.1 Å². The van der Waals surface area contributed by atoms with E-state index < -0.39 is 0 Å². The van der Waals surface area contributed by atoms with Gasteiger partial charge in [0.25, 0.3) is 0 Å². The first-order chi connectivity index (χ1) is 11.4. The van der Waals surface area contributed by atoms with E-state index in [0.29, 0.717) is 50.7 Å². The summed E-state index contributed by atoms with van der Waals surface area (Å²) in [6.07, 6.45) is 3.29. The number of piperazine rings is 1. The Labute approximate surface area is 145 Å². The number of carbonyl (C=O) groups is 2. The van der Waals surface area contributed by atoms with Crippen LogP contribution in [0.4, 0.5) is 4.79 Å². The number of nitrogens with zero attached hydrogens (tertiary/aromatic N) is 2. The van der Waals surface area contributed by atoms with Crippen molar-refractivity contribution in [3.05, 3.63) is 0 Å². The lowest BCUT2D eigenvalue weighted by molar-refractivity contribution is -0.128. The number of nitrogens with one attached hydrogen (secondary N) is 1. The predicted octanol–water partition coefficient (Wildman–Crippen LogP) is 2.09. The summed E-state index contributed by atoms with van der Waals surface area (Å²) in [5.74, 6) is 1.33. The summed E-state index contributed by atoms with van der Waals surface area (Å²) < 4.78 is 5.04. The van der Waals surface area contributed by atoms with Gasteiger partial charge in [0.2, 0.25) is 5.91 Å². The zero-order valence-electron chi connectivity index (χ0n) is 15.6. The minimum Gasteiger partial charge on any atom is -0.450 e. The third kappa shape index (κ3) is 4.62. The molecule has 2 fully saturated rings. The number of hydrogen-bond acceptors (Lipinski definition) is 4. The molecule has 6 heteroatoms. The summed E-state index contributed by atoms with van der Waals surface area (Å²) in [6, 6.07) is 0.142. The molecule has 1 aliphatic heterocycles. The highest BCUT2D eigenvalue weighted by molar-refractivity contribution is 5.81. The molecule has 0 bridgehead atoms. The zero-order valence-corrected chi connectivity index (χ0v) is 15.6. The first kappa shape index (κ1) is 19.0. The van der Waals surface area contributed by atoms with Gasteiger partial charge in [-0.1, -0.05) is 26.7 Å². The van der Waals surface area contributed by atoms with Gasteiger partial charge < -0.3 is 15.0 Å². The number of ether oxygens (including phenoxy) is 1. The summed E-state index contributed by atoms with van der Waals surface area (Å²) in [5, 5.41) is 3.26. The first-order valence-electron chi connectivity index (χ1n) is 9.40. The standard InChI is InChI=1S/C18H33N3O3/c1-5-24-18(23)21-11-9-20(10-12-21)15(4)17(22)19-16-8-6-7-13(2)14(16)3/h13-16H,5-12H2,1-4H3,(H,19,22). The Hall–Kier alpha value is -1.30. The molecule has 4 unspecified atom stereocenters. The lowest BCUT2D eigenvalue weighted by atomic mass is 9.78. The van der Waals surface area contributed by atoms with Crippen molar-refractivity contribution in [2.75, 3.05) is 32.8 Å². The maximum absolute atomic E-state index is 12.6. The Morgan fingerprint density at radius 3 is 2.46 bits per heavy atom. The average molecular weight is 339 g/mol. The van der Waals surface area contributed by atoms with Gasteiger partial charge in [-0.2, -0.15) is 0 Å². The molecule has 1 saturated heterocycles. The zero-order chi connectivity index (χ0) is 17.7. The molecular weight excluding hydrogens is 306 g/mol. The molecule has 24 heavy (non-hydrogen) atoms. The fourth-order valence-electron chi connectivity index (χ4n) is 3.76. The maximum Gasteiger partial charge on any atom is 0.409 e. The van der Waals surface area contributed by atoms with Crippen LogP contribution in [-0.4, -0.2) is 66.7 Å². The second-order valence-corrected chi connectivity index (χ2v) is 7.28.